The van der Waals surface area contributed by atoms with Gasteiger partial charge in [-0.05, 0) is 13.8 Å². The Bertz CT molecular complexity index is 87.7. The number of nitrogens with zero attached hydrogens (tertiary/aromatic N) is 1. The molecule has 2 nitrogen and oxygen atoms in total. The summed E-state index contributed by atoms with van der Waals surface area (Å²) in [5.74, 6) is 0. The largest absolute Gasteiger partial charge is 2.00 e. The molecule has 0 saturated heterocycles. The van der Waals surface area contributed by atoms with Gasteiger partial charge in [0.2, 0.25) is 0 Å². The van der Waals surface area contributed by atoms with Crippen LogP contribution in [0.25, 0.3) is 0 Å². The van der Waals surface area contributed by atoms with Crippen LogP contribution in [0.1, 0.15) is 13.8 Å². The van der Waals surface area contributed by atoms with Gasteiger partial charge in [0.15, 0.2) is 0 Å². The van der Waals surface area contributed by atoms with E-state index < -0.39 is 0 Å². The van der Waals surface area contributed by atoms with Crippen LogP contribution < -0.4 is 0 Å². The molecule has 0 aliphatic carbocycles. The fourth-order valence-corrected chi connectivity index (χ4v) is 1.04. The van der Waals surface area contributed by atoms with Gasteiger partial charge in [-0.15, -0.1) is 12.6 Å². The molecule has 0 aromatic heterocycles. The molecular weight excluding hydrogens is 220 g/mol. The summed E-state index contributed by atoms with van der Waals surface area (Å²) < 4.78 is 0.690. The predicted molar refractivity (Wildman–Crippen MR) is 45.2 cm³/mol. The van der Waals surface area contributed by atoms with E-state index in [0.29, 0.717) is 4.32 Å². The molecule has 0 atom stereocenters. The van der Waals surface area contributed by atoms with Crippen molar-refractivity contribution in [3.63, 3.8) is 0 Å². The molecule has 0 aliphatic heterocycles. The van der Waals surface area contributed by atoms with E-state index in [1.165, 1.54) is 0 Å². The second kappa shape index (κ2) is 9.82. The van der Waals surface area contributed by atoms with E-state index >= 15 is 0 Å². The van der Waals surface area contributed by atoms with Crippen molar-refractivity contribution in [2.45, 2.75) is 13.8 Å². The standard InChI is InChI=1S/C5H11NS2.O.Zn/c1-3-6(4-2)5(7)8;;/h3-4H2,1-2H3,(H,7,8);;/q;-2;+2. The van der Waals surface area contributed by atoms with Crippen LogP contribution in [-0.4, -0.2) is 22.3 Å². The van der Waals surface area contributed by atoms with Crippen LogP contribution in [0.2, 0.25) is 0 Å². The number of hydrogen-bond donors (Lipinski definition) is 1. The minimum absolute atomic E-state index is 0. The number of hydrogen-bond acceptors (Lipinski definition) is 1. The summed E-state index contributed by atoms with van der Waals surface area (Å²) >= 11 is 8.82. The Labute approximate surface area is 85.8 Å². The average Bonchev–Trinajstić information content (AvgIpc) is 1.69. The Kier molecular flexibility index (Phi) is 16.8. The van der Waals surface area contributed by atoms with E-state index in [1.807, 2.05) is 4.90 Å². The molecule has 0 amide bonds. The third-order valence-corrected chi connectivity index (χ3v) is 1.58. The minimum Gasteiger partial charge on any atom is -2.00 e. The van der Waals surface area contributed by atoms with Gasteiger partial charge in [-0.2, -0.15) is 0 Å². The van der Waals surface area contributed by atoms with E-state index in [-0.39, 0.29) is 25.0 Å². The second-order valence-corrected chi connectivity index (χ2v) is 2.57. The van der Waals surface area contributed by atoms with Crippen LogP contribution in [0.4, 0.5) is 0 Å². The zero-order valence-corrected chi connectivity index (χ0v) is 11.0. The molecule has 0 spiro atoms. The van der Waals surface area contributed by atoms with Crippen molar-refractivity contribution in [2.75, 3.05) is 13.1 Å². The first kappa shape index (κ1) is 17.1. The molecule has 0 heterocycles. The van der Waals surface area contributed by atoms with Crippen molar-refractivity contribution in [1.29, 1.82) is 0 Å². The summed E-state index contributed by atoms with van der Waals surface area (Å²) in [5, 5.41) is 0. The molecule has 0 aromatic carbocycles. The molecule has 56 valence electrons. The molecule has 0 aliphatic rings. The van der Waals surface area contributed by atoms with Crippen LogP contribution in [0.5, 0.6) is 0 Å². The minimum atomic E-state index is 0. The predicted octanol–water partition coefficient (Wildman–Crippen LogP) is 1.42. The Hall–Kier alpha value is 0.823. The number of thiol groups is 1. The summed E-state index contributed by atoms with van der Waals surface area (Å²) in [6.45, 7) is 6.04. The van der Waals surface area contributed by atoms with Crippen LogP contribution in [0.15, 0.2) is 0 Å². The van der Waals surface area contributed by atoms with E-state index in [0.717, 1.165) is 13.1 Å². The summed E-state index contributed by atoms with van der Waals surface area (Å²) in [6, 6.07) is 0. The summed E-state index contributed by atoms with van der Waals surface area (Å²) in [7, 11) is 0. The van der Waals surface area contributed by atoms with Crippen LogP contribution in [-0.2, 0) is 25.0 Å². The molecule has 0 fully saturated rings. The molecule has 0 rings (SSSR count). The zero-order valence-electron chi connectivity index (χ0n) is 6.33. The third kappa shape index (κ3) is 6.94. The molecular formula is C5H11NOS2Zn. The Morgan fingerprint density at radius 2 is 1.70 bits per heavy atom. The van der Waals surface area contributed by atoms with Gasteiger partial charge in [-0.1, -0.05) is 12.2 Å². The zero-order chi connectivity index (χ0) is 6.57. The molecule has 0 aromatic rings. The van der Waals surface area contributed by atoms with Gasteiger partial charge in [-0.25, -0.2) is 0 Å². The maximum absolute atomic E-state index is 4.81. The van der Waals surface area contributed by atoms with Gasteiger partial charge in [0.1, 0.15) is 4.32 Å². The van der Waals surface area contributed by atoms with Crippen LogP contribution >= 0.6 is 24.8 Å². The number of thiocarbonyl (C=S) groups is 1. The molecule has 10 heavy (non-hydrogen) atoms. The first-order chi connectivity index (χ1) is 3.72. The van der Waals surface area contributed by atoms with E-state index in [4.69, 9.17) is 12.2 Å². The second-order valence-electron chi connectivity index (χ2n) is 1.45. The van der Waals surface area contributed by atoms with Gasteiger partial charge in [0, 0.05) is 13.1 Å². The maximum atomic E-state index is 4.81. The SMILES string of the molecule is CCN(CC)C(=S)S.[O-2].[Zn+2]. The third-order valence-electron chi connectivity index (χ3n) is 1.03. The van der Waals surface area contributed by atoms with Gasteiger partial charge < -0.3 is 10.4 Å². The molecule has 0 radical (unpaired) electrons. The summed E-state index contributed by atoms with van der Waals surface area (Å²) in [6.07, 6.45) is 0. The van der Waals surface area contributed by atoms with Crippen molar-refractivity contribution >= 4 is 29.2 Å². The first-order valence-corrected chi connectivity index (χ1v) is 3.55. The van der Waals surface area contributed by atoms with E-state index in [1.54, 1.807) is 0 Å². The first-order valence-electron chi connectivity index (χ1n) is 2.70. The van der Waals surface area contributed by atoms with E-state index in [2.05, 4.69) is 26.5 Å². The van der Waals surface area contributed by atoms with Crippen molar-refractivity contribution < 1.29 is 25.0 Å². The summed E-state index contributed by atoms with van der Waals surface area (Å²) in [4.78, 5) is 2.01. The van der Waals surface area contributed by atoms with Crippen LogP contribution in [0, 0.1) is 0 Å². The van der Waals surface area contributed by atoms with Crippen molar-refractivity contribution in [2.24, 2.45) is 0 Å². The smallest absolute Gasteiger partial charge is 2.00 e. The van der Waals surface area contributed by atoms with Crippen molar-refractivity contribution in [3.8, 4) is 0 Å². The van der Waals surface area contributed by atoms with Gasteiger partial charge >= 0.3 is 19.5 Å². The van der Waals surface area contributed by atoms with Crippen molar-refractivity contribution in [1.82, 2.24) is 4.90 Å². The maximum Gasteiger partial charge on any atom is 2.00 e. The monoisotopic (exact) mass is 229 g/mol. The topological polar surface area (TPSA) is 31.7 Å². The Balaban J connectivity index is -0.000000245. The van der Waals surface area contributed by atoms with Gasteiger partial charge in [0.05, 0.1) is 0 Å². The van der Waals surface area contributed by atoms with Crippen LogP contribution in [0.3, 0.4) is 0 Å². The van der Waals surface area contributed by atoms with Gasteiger partial charge in [-0.3, -0.25) is 0 Å². The fraction of sp³-hybridized carbons (Fsp3) is 0.800. The molecule has 0 unspecified atom stereocenters. The van der Waals surface area contributed by atoms with E-state index in [9.17, 15) is 0 Å². The number of rotatable bonds is 2. The molecule has 0 bridgehead atoms. The quantitative estimate of drug-likeness (QED) is 0.442. The fourth-order valence-electron chi connectivity index (χ4n) is 0.494. The average molecular weight is 231 g/mol. The Morgan fingerprint density at radius 1 is 1.40 bits per heavy atom. The molecule has 0 saturated carbocycles. The Morgan fingerprint density at radius 3 is 1.70 bits per heavy atom. The summed E-state index contributed by atoms with van der Waals surface area (Å²) in [5.41, 5.74) is 0. The van der Waals surface area contributed by atoms with Crippen molar-refractivity contribution in [3.05, 3.63) is 0 Å². The molecule has 0 N–H and O–H groups in total. The normalized spacial score (nSPS) is 7.10. The molecule has 5 heteroatoms. The van der Waals surface area contributed by atoms with Gasteiger partial charge in [0.25, 0.3) is 0 Å².